The van der Waals surface area contributed by atoms with Crippen LogP contribution in [0.5, 0.6) is 5.75 Å². The summed E-state index contributed by atoms with van der Waals surface area (Å²) in [7, 11) is -3.80. The molecular weight excluding hydrogens is 350 g/mol. The van der Waals surface area contributed by atoms with Gasteiger partial charge in [-0.3, -0.25) is 9.52 Å². The van der Waals surface area contributed by atoms with Crippen LogP contribution in [0.4, 0.5) is 5.69 Å². The minimum atomic E-state index is -3.80. The van der Waals surface area contributed by atoms with Crippen LogP contribution < -0.4 is 9.46 Å². The molecule has 0 amide bonds. The second-order valence-corrected chi connectivity index (χ2v) is 7.92. The van der Waals surface area contributed by atoms with E-state index in [1.807, 2.05) is 25.1 Å². The van der Waals surface area contributed by atoms with Crippen molar-refractivity contribution in [3.8, 4) is 5.75 Å². The van der Waals surface area contributed by atoms with Crippen molar-refractivity contribution in [2.75, 3.05) is 11.3 Å². The molecule has 0 atom stereocenters. The highest BCUT2D eigenvalue weighted by molar-refractivity contribution is 7.93. The highest BCUT2D eigenvalue weighted by Gasteiger charge is 2.22. The monoisotopic (exact) mass is 367 g/mol. The molecule has 5 nitrogen and oxygen atoms in total. The van der Waals surface area contributed by atoms with Crippen molar-refractivity contribution in [3.05, 3.63) is 65.7 Å². The summed E-state index contributed by atoms with van der Waals surface area (Å²) in [5.41, 5.74) is 1.76. The van der Waals surface area contributed by atoms with Crippen molar-refractivity contribution >= 4 is 32.3 Å². The number of fused-ring (bicyclic) bond motifs is 2. The standard InChI is InChI=1S/C20H17NO4S/c1-13-6-9-20(16-5-3-2-4-15(13)16)26(23,24)21-14-7-8-19-17(12-14)18(22)10-11-25-19/h2-9,12,21H,10-11H2,1H3. The summed E-state index contributed by atoms with van der Waals surface area (Å²) in [6, 6.07) is 15.5. The number of rotatable bonds is 3. The maximum atomic E-state index is 12.9. The molecule has 1 heterocycles. The molecule has 6 heteroatoms. The van der Waals surface area contributed by atoms with Crippen LogP contribution in [0.25, 0.3) is 10.8 Å². The van der Waals surface area contributed by atoms with Crippen LogP contribution in [-0.2, 0) is 10.0 Å². The van der Waals surface area contributed by atoms with E-state index in [2.05, 4.69) is 4.72 Å². The third kappa shape index (κ3) is 2.82. The minimum absolute atomic E-state index is 0.0481. The van der Waals surface area contributed by atoms with E-state index in [0.29, 0.717) is 35.4 Å². The zero-order valence-corrected chi connectivity index (χ0v) is 15.0. The summed E-state index contributed by atoms with van der Waals surface area (Å²) < 4.78 is 33.9. The number of sulfonamides is 1. The van der Waals surface area contributed by atoms with Gasteiger partial charge in [-0.1, -0.05) is 30.3 Å². The molecule has 0 spiro atoms. The first-order valence-corrected chi connectivity index (χ1v) is 9.75. The van der Waals surface area contributed by atoms with Gasteiger partial charge in [-0.25, -0.2) is 8.42 Å². The average Bonchev–Trinajstić information content (AvgIpc) is 2.62. The number of aryl methyl sites for hydroxylation is 1. The molecule has 1 aliphatic heterocycles. The molecule has 3 aromatic carbocycles. The highest BCUT2D eigenvalue weighted by Crippen LogP contribution is 2.30. The van der Waals surface area contributed by atoms with E-state index in [1.54, 1.807) is 30.3 Å². The van der Waals surface area contributed by atoms with Gasteiger partial charge in [0.15, 0.2) is 5.78 Å². The summed E-state index contributed by atoms with van der Waals surface area (Å²) in [4.78, 5) is 12.2. The third-order valence-electron chi connectivity index (χ3n) is 4.51. The molecule has 0 saturated carbocycles. The number of benzene rings is 3. The molecule has 3 aromatic rings. The quantitative estimate of drug-likeness (QED) is 0.762. The van der Waals surface area contributed by atoms with Gasteiger partial charge in [-0.15, -0.1) is 0 Å². The number of ketones is 1. The number of ether oxygens (including phenoxy) is 1. The molecule has 0 aliphatic carbocycles. The Morgan fingerprint density at radius 3 is 2.58 bits per heavy atom. The Kier molecular flexibility index (Phi) is 3.92. The molecule has 0 saturated heterocycles. The Morgan fingerprint density at radius 2 is 1.77 bits per heavy atom. The van der Waals surface area contributed by atoms with E-state index in [9.17, 15) is 13.2 Å². The smallest absolute Gasteiger partial charge is 0.262 e. The lowest BCUT2D eigenvalue weighted by Crippen LogP contribution is -2.17. The molecule has 1 N–H and O–H groups in total. The van der Waals surface area contributed by atoms with Gasteiger partial charge in [0.2, 0.25) is 0 Å². The van der Waals surface area contributed by atoms with Crippen molar-refractivity contribution in [2.45, 2.75) is 18.2 Å². The Labute approximate surface area is 151 Å². The van der Waals surface area contributed by atoms with Crippen molar-refractivity contribution < 1.29 is 17.9 Å². The van der Waals surface area contributed by atoms with Crippen LogP contribution in [0, 0.1) is 6.92 Å². The fourth-order valence-corrected chi connectivity index (χ4v) is 4.45. The van der Waals surface area contributed by atoms with Gasteiger partial charge in [0.1, 0.15) is 5.75 Å². The van der Waals surface area contributed by atoms with E-state index in [0.717, 1.165) is 10.9 Å². The molecule has 4 rings (SSSR count). The Morgan fingerprint density at radius 1 is 1.00 bits per heavy atom. The number of hydrogen-bond acceptors (Lipinski definition) is 4. The van der Waals surface area contributed by atoms with Gasteiger partial charge in [-0.05, 0) is 42.1 Å². The number of hydrogen-bond donors (Lipinski definition) is 1. The summed E-state index contributed by atoms with van der Waals surface area (Å²) in [6.45, 7) is 2.30. The van der Waals surface area contributed by atoms with Gasteiger partial charge >= 0.3 is 0 Å². The van der Waals surface area contributed by atoms with E-state index in [4.69, 9.17) is 4.74 Å². The fourth-order valence-electron chi connectivity index (χ4n) is 3.19. The Balaban J connectivity index is 1.76. The number of carbonyl (C=O) groups excluding carboxylic acids is 1. The summed E-state index contributed by atoms with van der Waals surface area (Å²) in [5.74, 6) is 0.443. The van der Waals surface area contributed by atoms with Crippen molar-refractivity contribution in [3.63, 3.8) is 0 Å². The molecule has 0 unspecified atom stereocenters. The third-order valence-corrected chi connectivity index (χ3v) is 5.95. The molecule has 1 aliphatic rings. The first-order chi connectivity index (χ1) is 12.5. The van der Waals surface area contributed by atoms with Crippen LogP contribution >= 0.6 is 0 Å². The zero-order chi connectivity index (χ0) is 18.3. The number of Topliss-reactive ketones (excluding diaryl/α,β-unsaturated/α-hetero) is 1. The van der Waals surface area contributed by atoms with Gasteiger partial charge in [0, 0.05) is 17.5 Å². The summed E-state index contributed by atoms with van der Waals surface area (Å²) in [6.07, 6.45) is 0.297. The van der Waals surface area contributed by atoms with Gasteiger partial charge in [0.05, 0.1) is 17.1 Å². The van der Waals surface area contributed by atoms with E-state index in [1.165, 1.54) is 6.07 Å². The molecular formula is C20H17NO4S. The van der Waals surface area contributed by atoms with Gasteiger partial charge in [0.25, 0.3) is 10.0 Å². The van der Waals surface area contributed by atoms with Crippen molar-refractivity contribution in [1.82, 2.24) is 0 Å². The van der Waals surface area contributed by atoms with Crippen LogP contribution in [0.2, 0.25) is 0 Å². The lowest BCUT2D eigenvalue weighted by atomic mass is 10.0. The van der Waals surface area contributed by atoms with Crippen LogP contribution in [0.3, 0.4) is 0 Å². The summed E-state index contributed by atoms with van der Waals surface area (Å²) in [5, 5.41) is 1.56. The average molecular weight is 367 g/mol. The first-order valence-electron chi connectivity index (χ1n) is 8.27. The lowest BCUT2D eigenvalue weighted by molar-refractivity contribution is 0.0933. The van der Waals surface area contributed by atoms with Gasteiger partial charge < -0.3 is 4.74 Å². The van der Waals surface area contributed by atoms with Crippen LogP contribution in [0.1, 0.15) is 22.3 Å². The maximum absolute atomic E-state index is 12.9. The van der Waals surface area contributed by atoms with Crippen molar-refractivity contribution in [1.29, 1.82) is 0 Å². The van der Waals surface area contributed by atoms with Crippen LogP contribution in [-0.4, -0.2) is 20.8 Å². The molecule has 132 valence electrons. The molecule has 0 aromatic heterocycles. The van der Waals surface area contributed by atoms with Crippen molar-refractivity contribution in [2.24, 2.45) is 0 Å². The SMILES string of the molecule is Cc1ccc(S(=O)(=O)Nc2ccc3c(c2)C(=O)CCO3)c2ccccc12. The van der Waals surface area contributed by atoms with Crippen LogP contribution in [0.15, 0.2) is 59.5 Å². The molecule has 26 heavy (non-hydrogen) atoms. The largest absolute Gasteiger partial charge is 0.492 e. The van der Waals surface area contributed by atoms with E-state index >= 15 is 0 Å². The number of anilines is 1. The second-order valence-electron chi connectivity index (χ2n) is 6.26. The first kappa shape index (κ1) is 16.6. The Hall–Kier alpha value is -2.86. The number of nitrogens with one attached hydrogen (secondary N) is 1. The second kappa shape index (κ2) is 6.14. The normalized spacial score (nSPS) is 14.0. The predicted octanol–water partition coefficient (Wildman–Crippen LogP) is 3.91. The number of carbonyl (C=O) groups is 1. The van der Waals surface area contributed by atoms with E-state index in [-0.39, 0.29) is 10.7 Å². The van der Waals surface area contributed by atoms with E-state index < -0.39 is 10.0 Å². The fraction of sp³-hybridized carbons (Fsp3) is 0.150. The maximum Gasteiger partial charge on any atom is 0.262 e. The topological polar surface area (TPSA) is 72.5 Å². The zero-order valence-electron chi connectivity index (χ0n) is 14.2. The summed E-state index contributed by atoms with van der Waals surface area (Å²) >= 11 is 0. The predicted molar refractivity (Wildman–Crippen MR) is 100 cm³/mol. The highest BCUT2D eigenvalue weighted by atomic mass is 32.2. The Bertz CT molecular complexity index is 1140. The molecule has 0 bridgehead atoms. The van der Waals surface area contributed by atoms with Gasteiger partial charge in [-0.2, -0.15) is 0 Å². The minimum Gasteiger partial charge on any atom is -0.492 e. The molecule has 0 fully saturated rings. The molecule has 0 radical (unpaired) electrons. The lowest BCUT2D eigenvalue weighted by Gasteiger charge is -2.18.